The van der Waals surface area contributed by atoms with E-state index in [1.807, 2.05) is 0 Å². The molecule has 0 heterocycles. The van der Waals surface area contributed by atoms with Crippen LogP contribution in [0.25, 0.3) is 0 Å². The zero-order valence-electron chi connectivity index (χ0n) is 11.8. The summed E-state index contributed by atoms with van der Waals surface area (Å²) in [4.78, 5) is 23.1. The summed E-state index contributed by atoms with van der Waals surface area (Å²) >= 11 is 0. The zero-order chi connectivity index (χ0) is 15.3. The molecule has 5 nitrogen and oxygen atoms in total. The van der Waals surface area contributed by atoms with Gasteiger partial charge in [-0.2, -0.15) is 0 Å². The van der Waals surface area contributed by atoms with Gasteiger partial charge in [-0.15, -0.1) is 0 Å². The Kier molecular flexibility index (Phi) is 5.88. The first kappa shape index (κ1) is 16.4. The summed E-state index contributed by atoms with van der Waals surface area (Å²) in [5, 5.41) is 11.6. The molecule has 0 radical (unpaired) electrons. The van der Waals surface area contributed by atoms with E-state index in [9.17, 15) is 13.8 Å². The van der Waals surface area contributed by atoms with Crippen molar-refractivity contribution in [2.24, 2.45) is 5.92 Å². The van der Waals surface area contributed by atoms with Gasteiger partial charge in [0.15, 0.2) is 0 Å². The van der Waals surface area contributed by atoms with Crippen LogP contribution in [0.5, 0.6) is 0 Å². The van der Waals surface area contributed by atoms with Gasteiger partial charge in [-0.1, -0.05) is 26.0 Å². The minimum Gasteiger partial charge on any atom is -0.480 e. The summed E-state index contributed by atoms with van der Waals surface area (Å²) in [6.07, 6.45) is 1.59. The first-order valence-electron chi connectivity index (χ1n) is 6.24. The Bertz CT molecular complexity index is 528. The normalized spacial score (nSPS) is 13.8. The number of carbonyl (C=O) groups is 2. The Morgan fingerprint density at radius 3 is 2.50 bits per heavy atom. The van der Waals surface area contributed by atoms with Gasteiger partial charge in [0.2, 0.25) is 0 Å². The molecule has 0 aliphatic rings. The van der Waals surface area contributed by atoms with Crippen LogP contribution in [0.1, 0.15) is 29.8 Å². The predicted molar refractivity (Wildman–Crippen MR) is 77.9 cm³/mol. The molecule has 20 heavy (non-hydrogen) atoms. The van der Waals surface area contributed by atoms with Gasteiger partial charge in [0, 0.05) is 28.4 Å². The number of hydrogen-bond acceptors (Lipinski definition) is 3. The van der Waals surface area contributed by atoms with E-state index in [1.54, 1.807) is 44.4 Å². The van der Waals surface area contributed by atoms with E-state index in [4.69, 9.17) is 5.11 Å². The topological polar surface area (TPSA) is 83.5 Å². The van der Waals surface area contributed by atoms with E-state index >= 15 is 0 Å². The van der Waals surface area contributed by atoms with Gasteiger partial charge in [-0.05, 0) is 23.6 Å². The number of aliphatic carboxylic acids is 1. The molecule has 0 saturated heterocycles. The van der Waals surface area contributed by atoms with Crippen molar-refractivity contribution in [3.8, 4) is 0 Å². The Morgan fingerprint density at radius 2 is 2.00 bits per heavy atom. The Balaban J connectivity index is 2.86. The molecule has 0 fully saturated rings. The van der Waals surface area contributed by atoms with Gasteiger partial charge in [0.25, 0.3) is 5.91 Å². The lowest BCUT2D eigenvalue weighted by molar-refractivity contribution is -0.140. The second kappa shape index (κ2) is 7.19. The van der Waals surface area contributed by atoms with E-state index in [-0.39, 0.29) is 5.92 Å². The Labute approximate surface area is 120 Å². The highest BCUT2D eigenvalue weighted by atomic mass is 32.2. The number of hydrogen-bond donors (Lipinski definition) is 2. The van der Waals surface area contributed by atoms with Crippen LogP contribution in [0.15, 0.2) is 24.3 Å². The summed E-state index contributed by atoms with van der Waals surface area (Å²) in [7, 11) is -0.989. The highest BCUT2D eigenvalue weighted by Crippen LogP contribution is 2.09. The van der Waals surface area contributed by atoms with Gasteiger partial charge >= 0.3 is 5.97 Å². The van der Waals surface area contributed by atoms with Crippen LogP contribution >= 0.6 is 0 Å². The van der Waals surface area contributed by atoms with Crippen molar-refractivity contribution in [3.05, 3.63) is 35.4 Å². The molecule has 1 aromatic rings. The van der Waals surface area contributed by atoms with Crippen LogP contribution in [0.4, 0.5) is 0 Å². The Hall–Kier alpha value is -1.69. The lowest BCUT2D eigenvalue weighted by Crippen LogP contribution is -2.44. The molecule has 1 rings (SSSR count). The van der Waals surface area contributed by atoms with Crippen LogP contribution in [0, 0.1) is 5.92 Å². The van der Waals surface area contributed by atoms with Crippen LogP contribution in [0.3, 0.4) is 0 Å². The first-order chi connectivity index (χ1) is 9.31. The highest BCUT2D eigenvalue weighted by Gasteiger charge is 2.23. The van der Waals surface area contributed by atoms with E-state index in [1.165, 1.54) is 0 Å². The van der Waals surface area contributed by atoms with Crippen molar-refractivity contribution < 1.29 is 18.9 Å². The average Bonchev–Trinajstić information content (AvgIpc) is 2.34. The molecule has 0 aliphatic carbocycles. The van der Waals surface area contributed by atoms with Gasteiger partial charge in [0.1, 0.15) is 6.04 Å². The number of rotatable bonds is 6. The maximum atomic E-state index is 12.1. The number of carbonyl (C=O) groups excluding carboxylic acids is 1. The third-order valence-corrected chi connectivity index (χ3v) is 3.52. The molecule has 2 unspecified atom stereocenters. The molecule has 2 atom stereocenters. The lowest BCUT2D eigenvalue weighted by Gasteiger charge is -2.18. The van der Waals surface area contributed by atoms with Gasteiger partial charge in [0.05, 0.1) is 0 Å². The molecule has 2 N–H and O–H groups in total. The maximum absolute atomic E-state index is 12.1. The van der Waals surface area contributed by atoms with E-state index < -0.39 is 28.7 Å². The summed E-state index contributed by atoms with van der Waals surface area (Å²) in [6, 6.07) is 5.80. The number of nitrogens with one attached hydrogen (secondary N) is 1. The minimum absolute atomic E-state index is 0.206. The molecule has 1 amide bonds. The van der Waals surface area contributed by atoms with E-state index in [0.29, 0.717) is 11.3 Å². The molecule has 0 aliphatic heterocycles. The van der Waals surface area contributed by atoms with Crippen LogP contribution in [-0.4, -0.2) is 33.5 Å². The number of benzene rings is 1. The van der Waals surface area contributed by atoms with Crippen LogP contribution in [0.2, 0.25) is 0 Å². The Morgan fingerprint density at radius 1 is 1.35 bits per heavy atom. The molecule has 0 saturated carbocycles. The lowest BCUT2D eigenvalue weighted by atomic mass is 10.0. The van der Waals surface area contributed by atoms with Crippen molar-refractivity contribution >= 4 is 22.7 Å². The molecular weight excluding hydrogens is 278 g/mol. The fraction of sp³-hybridized carbons (Fsp3) is 0.429. The van der Waals surface area contributed by atoms with E-state index in [2.05, 4.69) is 5.32 Å². The fourth-order valence-electron chi connectivity index (χ4n) is 1.78. The van der Waals surface area contributed by atoms with Crippen molar-refractivity contribution in [2.45, 2.75) is 25.6 Å². The van der Waals surface area contributed by atoms with Crippen molar-refractivity contribution in [1.29, 1.82) is 0 Å². The SMILES string of the molecule is CC(C)C(NC(=O)c1cccc(CS(C)=O)c1)C(=O)O. The van der Waals surface area contributed by atoms with Gasteiger partial charge < -0.3 is 10.4 Å². The third-order valence-electron chi connectivity index (χ3n) is 2.78. The second-order valence-electron chi connectivity index (χ2n) is 4.95. The molecule has 1 aromatic carbocycles. The van der Waals surface area contributed by atoms with Gasteiger partial charge in [-0.25, -0.2) is 4.79 Å². The van der Waals surface area contributed by atoms with Crippen LogP contribution < -0.4 is 5.32 Å². The quantitative estimate of drug-likeness (QED) is 0.831. The molecule has 0 aromatic heterocycles. The summed E-state index contributed by atoms with van der Waals surface area (Å²) in [5.41, 5.74) is 1.16. The standard InChI is InChI=1S/C14H19NO4S/c1-9(2)12(14(17)18)15-13(16)11-6-4-5-10(7-11)8-20(3)19/h4-7,9,12H,8H2,1-3H3,(H,15,16)(H,17,18). The predicted octanol–water partition coefficient (Wildman–Crippen LogP) is 1.40. The van der Waals surface area contributed by atoms with E-state index in [0.717, 1.165) is 5.56 Å². The minimum atomic E-state index is -1.06. The molecule has 110 valence electrons. The van der Waals surface area contributed by atoms with Crippen molar-refractivity contribution in [1.82, 2.24) is 5.32 Å². The van der Waals surface area contributed by atoms with Crippen molar-refractivity contribution in [3.63, 3.8) is 0 Å². The van der Waals surface area contributed by atoms with Gasteiger partial charge in [-0.3, -0.25) is 9.00 Å². The molecule has 6 heteroatoms. The number of amides is 1. The largest absolute Gasteiger partial charge is 0.480 e. The third kappa shape index (κ3) is 4.77. The monoisotopic (exact) mass is 297 g/mol. The molecule has 0 spiro atoms. The fourth-order valence-corrected chi connectivity index (χ4v) is 2.42. The summed E-state index contributed by atoms with van der Waals surface area (Å²) in [5.74, 6) is -1.33. The first-order valence-corrected chi connectivity index (χ1v) is 7.96. The number of carboxylic acids is 1. The zero-order valence-corrected chi connectivity index (χ0v) is 12.6. The summed E-state index contributed by atoms with van der Waals surface area (Å²) in [6.45, 7) is 3.46. The molecular formula is C14H19NO4S. The van der Waals surface area contributed by atoms with Crippen LogP contribution in [-0.2, 0) is 21.3 Å². The molecule has 0 bridgehead atoms. The smallest absolute Gasteiger partial charge is 0.326 e. The van der Waals surface area contributed by atoms with Crippen molar-refractivity contribution in [2.75, 3.05) is 6.26 Å². The number of carboxylic acid groups (broad SMARTS) is 1. The summed E-state index contributed by atoms with van der Waals surface area (Å²) < 4.78 is 11.2. The second-order valence-corrected chi connectivity index (χ2v) is 6.39. The average molecular weight is 297 g/mol. The highest BCUT2D eigenvalue weighted by molar-refractivity contribution is 7.83. The maximum Gasteiger partial charge on any atom is 0.326 e.